The molecule has 0 aliphatic carbocycles. The summed E-state index contributed by atoms with van der Waals surface area (Å²) in [4.78, 5) is 26.6. The number of methoxy groups -OCH3 is 3. The zero-order valence-electron chi connectivity index (χ0n) is 16.5. The smallest absolute Gasteiger partial charge is 0.342 e. The summed E-state index contributed by atoms with van der Waals surface area (Å²) in [6.07, 6.45) is 0.151. The first kappa shape index (κ1) is 21.6. The second-order valence-electron chi connectivity index (χ2n) is 5.75. The summed E-state index contributed by atoms with van der Waals surface area (Å²) in [6, 6.07) is 13.9. The van der Waals surface area contributed by atoms with Gasteiger partial charge in [-0.1, -0.05) is 18.2 Å². The lowest BCUT2D eigenvalue weighted by atomic mass is 10.1. The van der Waals surface area contributed by atoms with Gasteiger partial charge in [0.25, 0.3) is 5.91 Å². The number of hydrogen-bond donors (Lipinski definition) is 0. The molecule has 2 aromatic carbocycles. The number of ether oxygens (including phenoxy) is 4. The van der Waals surface area contributed by atoms with E-state index in [0.29, 0.717) is 11.4 Å². The molecule has 2 rings (SSSR count). The molecule has 0 N–H and O–H groups in total. The van der Waals surface area contributed by atoms with Crippen LogP contribution in [0.15, 0.2) is 42.5 Å². The molecule has 0 unspecified atom stereocenters. The van der Waals surface area contributed by atoms with Crippen molar-refractivity contribution in [2.24, 2.45) is 0 Å². The topological polar surface area (TPSA) is 98.1 Å². The molecule has 2 aromatic rings. The Morgan fingerprint density at radius 2 is 1.66 bits per heavy atom. The number of hydrogen-bond acceptors (Lipinski definition) is 7. The first-order chi connectivity index (χ1) is 14.1. The van der Waals surface area contributed by atoms with E-state index < -0.39 is 18.5 Å². The van der Waals surface area contributed by atoms with Crippen molar-refractivity contribution in [3.8, 4) is 23.3 Å². The van der Waals surface area contributed by atoms with E-state index >= 15 is 0 Å². The van der Waals surface area contributed by atoms with Crippen molar-refractivity contribution >= 4 is 17.6 Å². The van der Waals surface area contributed by atoms with Gasteiger partial charge in [-0.15, -0.1) is 0 Å². The highest BCUT2D eigenvalue weighted by molar-refractivity contribution is 5.98. The standard InChI is InChI=1S/C21H22N2O6/c1-26-17-11-10-16(19(27-2)20(17)28-3)21(25)29-14-18(24)23(13-7-12-22)15-8-5-4-6-9-15/h4-6,8-11H,7,13-14H2,1-3H3. The van der Waals surface area contributed by atoms with Gasteiger partial charge >= 0.3 is 5.97 Å². The molecule has 0 bridgehead atoms. The number of nitrogens with zero attached hydrogens (tertiary/aromatic N) is 2. The van der Waals surface area contributed by atoms with Crippen molar-refractivity contribution in [1.29, 1.82) is 5.26 Å². The molecule has 152 valence electrons. The van der Waals surface area contributed by atoms with Gasteiger partial charge in [-0.05, 0) is 24.3 Å². The molecular weight excluding hydrogens is 376 g/mol. The minimum Gasteiger partial charge on any atom is -0.493 e. The fourth-order valence-electron chi connectivity index (χ4n) is 2.71. The van der Waals surface area contributed by atoms with Crippen LogP contribution in [0, 0.1) is 11.3 Å². The fraction of sp³-hybridized carbons (Fsp3) is 0.286. The van der Waals surface area contributed by atoms with Crippen molar-refractivity contribution in [3.63, 3.8) is 0 Å². The Morgan fingerprint density at radius 1 is 0.966 bits per heavy atom. The van der Waals surface area contributed by atoms with Crippen LogP contribution in [0.2, 0.25) is 0 Å². The van der Waals surface area contributed by atoms with Gasteiger partial charge < -0.3 is 23.8 Å². The predicted octanol–water partition coefficient (Wildman–Crippen LogP) is 2.82. The summed E-state index contributed by atoms with van der Waals surface area (Å²) in [5.41, 5.74) is 0.716. The van der Waals surface area contributed by atoms with E-state index in [1.54, 1.807) is 30.3 Å². The maximum absolute atomic E-state index is 12.6. The minimum atomic E-state index is -0.746. The molecule has 8 nitrogen and oxygen atoms in total. The molecule has 0 spiro atoms. The van der Waals surface area contributed by atoms with Gasteiger partial charge in [0, 0.05) is 12.2 Å². The van der Waals surface area contributed by atoms with Crippen molar-refractivity contribution in [3.05, 3.63) is 48.0 Å². The molecule has 0 fully saturated rings. The normalized spacial score (nSPS) is 9.86. The van der Waals surface area contributed by atoms with Crippen LogP contribution in [0.4, 0.5) is 5.69 Å². The number of carbonyl (C=O) groups is 2. The number of benzene rings is 2. The average Bonchev–Trinajstić information content (AvgIpc) is 2.77. The number of para-hydroxylation sites is 1. The zero-order chi connectivity index (χ0) is 21.2. The van der Waals surface area contributed by atoms with Crippen LogP contribution in [-0.4, -0.2) is 46.4 Å². The van der Waals surface area contributed by atoms with Crippen LogP contribution >= 0.6 is 0 Å². The second-order valence-corrected chi connectivity index (χ2v) is 5.75. The zero-order valence-corrected chi connectivity index (χ0v) is 16.5. The molecule has 0 aliphatic rings. The third-order valence-electron chi connectivity index (χ3n) is 4.07. The lowest BCUT2D eigenvalue weighted by molar-refractivity contribution is -0.121. The minimum absolute atomic E-state index is 0.0984. The van der Waals surface area contributed by atoms with E-state index in [4.69, 9.17) is 24.2 Å². The van der Waals surface area contributed by atoms with Gasteiger partial charge in [0.05, 0.1) is 33.8 Å². The largest absolute Gasteiger partial charge is 0.493 e. The maximum Gasteiger partial charge on any atom is 0.342 e. The SMILES string of the molecule is COc1ccc(C(=O)OCC(=O)N(CCC#N)c2ccccc2)c(OC)c1OC. The Kier molecular flexibility index (Phi) is 7.86. The number of anilines is 1. The number of esters is 1. The Labute approximate surface area is 169 Å². The van der Waals surface area contributed by atoms with E-state index in [1.165, 1.54) is 32.3 Å². The quantitative estimate of drug-likeness (QED) is 0.599. The van der Waals surface area contributed by atoms with E-state index in [2.05, 4.69) is 0 Å². The predicted molar refractivity (Wildman–Crippen MR) is 105 cm³/mol. The van der Waals surface area contributed by atoms with Crippen LogP contribution in [0.5, 0.6) is 17.2 Å². The summed E-state index contributed by atoms with van der Waals surface area (Å²) < 4.78 is 20.9. The molecule has 0 atom stereocenters. The van der Waals surface area contributed by atoms with Gasteiger partial charge in [-0.25, -0.2) is 4.79 Å². The van der Waals surface area contributed by atoms with Crippen LogP contribution in [0.25, 0.3) is 0 Å². The monoisotopic (exact) mass is 398 g/mol. The molecule has 8 heteroatoms. The van der Waals surface area contributed by atoms with Crippen LogP contribution in [0.1, 0.15) is 16.8 Å². The van der Waals surface area contributed by atoms with Gasteiger partial charge in [0.2, 0.25) is 5.75 Å². The molecule has 0 saturated heterocycles. The highest BCUT2D eigenvalue weighted by Crippen LogP contribution is 2.39. The average molecular weight is 398 g/mol. The van der Waals surface area contributed by atoms with Gasteiger partial charge in [0.15, 0.2) is 18.1 Å². The van der Waals surface area contributed by atoms with Crippen molar-refractivity contribution in [1.82, 2.24) is 0 Å². The summed E-state index contributed by atoms with van der Waals surface area (Å²) >= 11 is 0. The number of amides is 1. The van der Waals surface area contributed by atoms with Crippen molar-refractivity contribution in [2.45, 2.75) is 6.42 Å². The summed E-state index contributed by atoms with van der Waals surface area (Å²) in [5, 5.41) is 8.85. The van der Waals surface area contributed by atoms with Gasteiger partial charge in [-0.2, -0.15) is 5.26 Å². The van der Waals surface area contributed by atoms with Crippen molar-refractivity contribution in [2.75, 3.05) is 39.4 Å². The van der Waals surface area contributed by atoms with E-state index in [1.807, 2.05) is 12.1 Å². The Morgan fingerprint density at radius 3 is 2.24 bits per heavy atom. The van der Waals surface area contributed by atoms with Crippen LogP contribution in [0.3, 0.4) is 0 Å². The van der Waals surface area contributed by atoms with E-state index in [9.17, 15) is 9.59 Å². The Balaban J connectivity index is 2.17. The highest BCUT2D eigenvalue weighted by Gasteiger charge is 2.23. The third-order valence-corrected chi connectivity index (χ3v) is 4.07. The highest BCUT2D eigenvalue weighted by atomic mass is 16.5. The number of rotatable bonds is 9. The summed E-state index contributed by atoms with van der Waals surface area (Å²) in [5.74, 6) is -0.406. The van der Waals surface area contributed by atoms with Gasteiger partial charge in [0.1, 0.15) is 5.56 Å². The summed E-state index contributed by atoms with van der Waals surface area (Å²) in [6.45, 7) is -0.298. The fourth-order valence-corrected chi connectivity index (χ4v) is 2.71. The number of nitriles is 1. The molecule has 0 heterocycles. The Hall–Kier alpha value is -3.73. The maximum atomic E-state index is 12.6. The summed E-state index contributed by atoms with van der Waals surface area (Å²) in [7, 11) is 4.28. The van der Waals surface area contributed by atoms with Crippen molar-refractivity contribution < 1.29 is 28.5 Å². The molecule has 1 amide bonds. The lowest BCUT2D eigenvalue weighted by Gasteiger charge is -2.21. The molecular formula is C21H22N2O6. The third kappa shape index (κ3) is 5.17. The first-order valence-corrected chi connectivity index (χ1v) is 8.75. The molecule has 0 aromatic heterocycles. The Bertz CT molecular complexity index is 892. The lowest BCUT2D eigenvalue weighted by Crippen LogP contribution is -2.35. The van der Waals surface area contributed by atoms with Crippen LogP contribution < -0.4 is 19.1 Å². The second kappa shape index (κ2) is 10.6. The molecule has 0 aliphatic heterocycles. The first-order valence-electron chi connectivity index (χ1n) is 8.75. The number of carbonyl (C=O) groups excluding carboxylic acids is 2. The van der Waals surface area contributed by atoms with Gasteiger partial charge in [-0.3, -0.25) is 4.79 Å². The van der Waals surface area contributed by atoms with E-state index in [0.717, 1.165) is 0 Å². The van der Waals surface area contributed by atoms with E-state index in [-0.39, 0.29) is 30.0 Å². The molecule has 0 saturated carbocycles. The van der Waals surface area contributed by atoms with Crippen LogP contribution in [-0.2, 0) is 9.53 Å². The molecule has 29 heavy (non-hydrogen) atoms. The molecule has 0 radical (unpaired) electrons.